The van der Waals surface area contributed by atoms with Gasteiger partial charge < -0.3 is 63.4 Å². The first kappa shape index (κ1) is 98.0. The van der Waals surface area contributed by atoms with Gasteiger partial charge in [-0.1, -0.05) is 178 Å². The van der Waals surface area contributed by atoms with Crippen molar-refractivity contribution in [1.29, 1.82) is 10.5 Å². The van der Waals surface area contributed by atoms with Crippen molar-refractivity contribution in [2.75, 3.05) is 19.6 Å². The Morgan fingerprint density at radius 1 is 0.463 bits per heavy atom. The monoisotopic (exact) mass is 1870 g/mol. The molecule has 0 spiro atoms. The van der Waals surface area contributed by atoms with Crippen LogP contribution in [0.25, 0.3) is 22.3 Å². The number of nitrogens with zero attached hydrogens (tertiary/aromatic N) is 8. The third kappa shape index (κ3) is 25.2. The number of hydrogen-bond donors (Lipinski definition) is 2. The summed E-state index contributed by atoms with van der Waals surface area (Å²) in [6.45, 7) is 28.1. The first-order valence-electron chi connectivity index (χ1n) is 40.5. The van der Waals surface area contributed by atoms with E-state index in [-0.39, 0.29) is 68.8 Å². The Hall–Kier alpha value is -10.4. The molecule has 23 nitrogen and oxygen atoms in total. The number of benzene rings is 6. The van der Waals surface area contributed by atoms with Gasteiger partial charge in [0.05, 0.1) is 52.3 Å². The summed E-state index contributed by atoms with van der Waals surface area (Å²) in [5.41, 5.74) is 15.1. The molecular formula is C95H112BBrCl2N10O13Pd. The Morgan fingerprint density at radius 3 is 1.01 bits per heavy atom. The van der Waals surface area contributed by atoms with Crippen LogP contribution in [-0.4, -0.2) is 96.4 Å². The molecule has 28 heteroatoms. The van der Waals surface area contributed by atoms with Gasteiger partial charge in [-0.15, -0.1) is 0 Å². The second kappa shape index (κ2) is 41.9. The van der Waals surface area contributed by atoms with Gasteiger partial charge in [0.1, 0.15) is 16.8 Å². The van der Waals surface area contributed by atoms with Gasteiger partial charge in [-0.2, -0.15) is 10.5 Å². The number of primary amides is 2. The molecule has 9 aromatic rings. The number of cyclic esters (lactones) is 3. The fraction of sp³-hybridized carbons (Fsp3) is 0.389. The second-order valence-corrected chi connectivity index (χ2v) is 37.8. The molecule has 6 atom stereocenters. The number of aromatic nitrogens is 3. The third-order valence-electron chi connectivity index (χ3n) is 23.2. The Bertz CT molecular complexity index is 5400. The summed E-state index contributed by atoms with van der Waals surface area (Å²) in [6.07, 6.45) is 7.14. The average Bonchev–Trinajstić information content (AvgIpc) is 1.77. The van der Waals surface area contributed by atoms with Crippen molar-refractivity contribution in [2.24, 2.45) is 48.9 Å². The molecule has 0 unspecified atom stereocenters. The molecular weight excluding hydrogens is 1760 g/mol. The van der Waals surface area contributed by atoms with Gasteiger partial charge in [0.15, 0.2) is 0 Å². The molecule has 4 aliphatic rings. The normalized spacial score (nSPS) is 19.2. The Balaban J connectivity index is 0.000000209. The minimum absolute atomic E-state index is 0.0122. The van der Waals surface area contributed by atoms with Crippen LogP contribution in [0.2, 0.25) is 0 Å². The number of ether oxygens (including phenoxy) is 3. The molecule has 654 valence electrons. The summed E-state index contributed by atoms with van der Waals surface area (Å²) in [6, 6.07) is 67.3. The predicted molar refractivity (Wildman–Crippen MR) is 481 cm³/mol. The van der Waals surface area contributed by atoms with Gasteiger partial charge in [0.25, 0.3) is 0 Å². The Kier molecular flexibility index (Phi) is 33.4. The molecule has 4 fully saturated rings. The van der Waals surface area contributed by atoms with Gasteiger partial charge >= 0.3 is 60.4 Å². The van der Waals surface area contributed by atoms with Crippen LogP contribution < -0.4 is 33.6 Å². The van der Waals surface area contributed by atoms with Gasteiger partial charge in [-0.3, -0.25) is 24.0 Å². The number of carbonyl (C=O) groups is 5. The maximum atomic E-state index is 13.4. The second-order valence-electron chi connectivity index (χ2n) is 34.5. The molecule has 0 aliphatic carbocycles. The number of halogens is 3. The fourth-order valence-electron chi connectivity index (χ4n) is 15.3. The van der Waals surface area contributed by atoms with Crippen LogP contribution in [-0.2, 0) is 87.0 Å². The molecule has 3 aromatic heterocycles. The van der Waals surface area contributed by atoms with Crippen LogP contribution in [0.1, 0.15) is 187 Å². The SMILES string of the molecule is CC(N)=O.C[C@@H](c1ccc(-c2ccc(=O)n(C)c2)cc1)N1CC[C@](CC(C)(C)C#N)(c2ccccc2)OC1=O.C[C@@H](c1ccc(-c2ccc(=O)n(C)c2)cc1)N1CC[C@](CC(C)(C)C(N)=O)(c2ccccc2)OC1=O.C[C@@H](c1ccc(B2OC(C)(C)C(C)(C)O2)cc1)N1CC[C@](CC(C)(C)C#N)(c2ccccc2)OC1=O.Cn1cc(Br)ccc1=O.[Cl][Pd][Cl]. The molecule has 5 amide bonds. The molecule has 4 N–H and O–H groups in total. The predicted octanol–water partition coefficient (Wildman–Crippen LogP) is 18.3. The Morgan fingerprint density at radius 2 is 0.740 bits per heavy atom. The molecule has 0 saturated carbocycles. The number of rotatable bonds is 19. The van der Waals surface area contributed by atoms with E-state index in [0.29, 0.717) is 58.2 Å². The molecule has 4 saturated heterocycles. The first-order valence-corrected chi connectivity index (χ1v) is 45.3. The molecule has 7 heterocycles. The van der Waals surface area contributed by atoms with E-state index in [1.54, 1.807) is 95.5 Å². The third-order valence-corrected chi connectivity index (χ3v) is 23.7. The zero-order valence-electron chi connectivity index (χ0n) is 72.9. The van der Waals surface area contributed by atoms with Crippen molar-refractivity contribution in [3.8, 4) is 34.4 Å². The molecule has 0 bridgehead atoms. The fourth-order valence-corrected chi connectivity index (χ4v) is 15.8. The zero-order chi connectivity index (χ0) is 90.8. The zero-order valence-corrected chi connectivity index (χ0v) is 77.6. The maximum absolute atomic E-state index is 13.4. The van der Waals surface area contributed by atoms with Crippen LogP contribution in [0.5, 0.6) is 0 Å². The molecule has 6 aromatic carbocycles. The van der Waals surface area contributed by atoms with Gasteiger partial charge in [0, 0.05) is 133 Å². The molecule has 123 heavy (non-hydrogen) atoms. The van der Waals surface area contributed by atoms with E-state index >= 15 is 0 Å². The summed E-state index contributed by atoms with van der Waals surface area (Å²) in [7, 11) is 14.4. The molecule has 0 radical (unpaired) electrons. The van der Waals surface area contributed by atoms with E-state index in [9.17, 15) is 48.9 Å². The standard InChI is InChI=1S/C29H37BN2O4.C29H33N3O4.C29H31N3O3.C6H6BrNO.C2H5NO.2ClH.Pd/c1-21(22-13-15-24(16-14-22)30-35-27(4,5)28(6,7)36-30)32-18-17-29(34-25(32)33,19-26(2,3)20-31)23-11-9-8-10-12-23;1-20(21-10-12-22(13-11-21)23-14-15-25(33)31(4)18-23)32-17-16-29(36-27(32)35,19-28(2,3)26(30)34)24-8-6-5-7-9-24;1-21(22-10-12-23(13-11-22)24-14-15-26(33)31(4)18-24)32-17-16-29(35-27(32)34,19-28(2,3)20-30)25-8-6-5-7-9-25;1-8-4-5(7)2-3-6(8)9;1-2(3)4;;;/h8-16,21H,17-19H2,1-7H3;5-15,18,20H,16-17,19H2,1-4H3,(H2,30,34);5-15,18,21H,16-17,19H2,1-4H3;2-4H,1H3;1H3,(H2,3,4);2*1H;/q;;;;;;;+2/p-2/t21-,29-;20-,29-;21-,29-;;;;;/m000...../s1. The van der Waals surface area contributed by atoms with Crippen LogP contribution in [0.3, 0.4) is 0 Å². The number of amides is 5. The van der Waals surface area contributed by atoms with Gasteiger partial charge in [-0.25, -0.2) is 14.4 Å². The van der Waals surface area contributed by atoms with E-state index in [4.69, 9.17) is 48.3 Å². The molecule has 13 rings (SSSR count). The van der Waals surface area contributed by atoms with Crippen LogP contribution in [0.15, 0.2) is 238 Å². The van der Waals surface area contributed by atoms with Crippen molar-refractivity contribution in [3.63, 3.8) is 0 Å². The minimum atomic E-state index is -0.930. The molecule has 4 aliphatic heterocycles. The number of hydrogen-bond acceptors (Lipinski definition) is 15. The van der Waals surface area contributed by atoms with Gasteiger partial charge in [-0.05, 0) is 171 Å². The summed E-state index contributed by atoms with van der Waals surface area (Å²) >= 11 is 3.13. The topological polar surface area (TPSA) is 307 Å². The van der Waals surface area contributed by atoms with E-state index in [2.05, 4.69) is 33.8 Å². The van der Waals surface area contributed by atoms with Crippen molar-refractivity contribution >= 4 is 77.7 Å². The van der Waals surface area contributed by atoms with E-state index in [1.807, 2.05) is 252 Å². The van der Waals surface area contributed by atoms with Crippen LogP contribution in [0, 0.1) is 38.9 Å². The number of pyridine rings is 3. The summed E-state index contributed by atoms with van der Waals surface area (Å²) in [5, 5.41) is 19.3. The van der Waals surface area contributed by atoms with Crippen molar-refractivity contribution in [2.45, 2.75) is 182 Å². The summed E-state index contributed by atoms with van der Waals surface area (Å²) < 4.78 is 36.4. The van der Waals surface area contributed by atoms with E-state index in [0.717, 1.165) is 65.6 Å². The first-order chi connectivity index (χ1) is 57.8. The van der Waals surface area contributed by atoms with Crippen LogP contribution >= 0.6 is 35.0 Å². The van der Waals surface area contributed by atoms with E-state index < -0.39 is 63.4 Å². The van der Waals surface area contributed by atoms with Crippen molar-refractivity contribution in [3.05, 3.63) is 288 Å². The number of aryl methyl sites for hydroxylation is 3. The number of nitrogens with two attached hydrogens (primary N) is 2. The summed E-state index contributed by atoms with van der Waals surface area (Å²) in [5.74, 6) is -0.761. The van der Waals surface area contributed by atoms with Gasteiger partial charge in [0.2, 0.25) is 28.5 Å². The number of nitriles is 2. The number of carbonyl (C=O) groups excluding carboxylic acids is 5. The Labute approximate surface area is 746 Å². The van der Waals surface area contributed by atoms with Crippen molar-refractivity contribution < 1.29 is 63.4 Å². The van der Waals surface area contributed by atoms with E-state index in [1.165, 1.54) is 17.6 Å². The van der Waals surface area contributed by atoms with Crippen molar-refractivity contribution in [1.82, 2.24) is 28.4 Å². The quantitative estimate of drug-likeness (QED) is 0.0561. The van der Waals surface area contributed by atoms with Crippen LogP contribution in [0.4, 0.5) is 14.4 Å². The average molecular weight is 1870 g/mol. The summed E-state index contributed by atoms with van der Waals surface area (Å²) in [4.78, 5) is 101.